The van der Waals surface area contributed by atoms with Crippen molar-refractivity contribution >= 4 is 18.2 Å². The number of hydrogen-bond acceptors (Lipinski definition) is 3. The normalized spacial score (nSPS) is 14.0. The predicted molar refractivity (Wildman–Crippen MR) is 97.6 cm³/mol. The molecule has 2 aromatic carbocycles. The molecule has 0 aromatic heterocycles. The first-order valence-electron chi connectivity index (χ1n) is 8.69. The van der Waals surface area contributed by atoms with Crippen LogP contribution in [0.3, 0.4) is 0 Å². The molecular formula is C20H20FN3O3. The highest BCUT2D eigenvalue weighted by Crippen LogP contribution is 2.11. The Morgan fingerprint density at radius 3 is 2.22 bits per heavy atom. The van der Waals surface area contributed by atoms with Crippen molar-refractivity contribution < 1.29 is 18.8 Å². The maximum absolute atomic E-state index is 13.6. The maximum atomic E-state index is 13.6. The van der Waals surface area contributed by atoms with Gasteiger partial charge in [0.1, 0.15) is 5.82 Å². The van der Waals surface area contributed by atoms with Crippen LogP contribution in [0, 0.1) is 5.82 Å². The van der Waals surface area contributed by atoms with E-state index in [-0.39, 0.29) is 24.2 Å². The summed E-state index contributed by atoms with van der Waals surface area (Å²) in [6.45, 7) is 2.11. The largest absolute Gasteiger partial charge is 0.348 e. The van der Waals surface area contributed by atoms with Crippen molar-refractivity contribution in [1.82, 2.24) is 15.1 Å². The van der Waals surface area contributed by atoms with Crippen LogP contribution in [0.25, 0.3) is 0 Å². The van der Waals surface area contributed by atoms with Crippen LogP contribution < -0.4 is 5.32 Å². The van der Waals surface area contributed by atoms with E-state index in [0.29, 0.717) is 42.9 Å². The summed E-state index contributed by atoms with van der Waals surface area (Å²) in [6, 6.07) is 12.6. The minimum absolute atomic E-state index is 0.0905. The zero-order chi connectivity index (χ0) is 19.2. The standard InChI is InChI=1S/C20H20FN3O3/c21-18-4-2-1-3-17(18)13-22-19(26)15-5-7-16(8-6-15)20(27)24-11-9-23(14-25)10-12-24/h1-8,14H,9-13H2,(H,22,26). The van der Waals surface area contributed by atoms with Gasteiger partial charge in [-0.15, -0.1) is 0 Å². The molecule has 1 N–H and O–H groups in total. The summed E-state index contributed by atoms with van der Waals surface area (Å²) in [7, 11) is 0. The Bertz CT molecular complexity index is 831. The van der Waals surface area contributed by atoms with E-state index in [9.17, 15) is 18.8 Å². The zero-order valence-corrected chi connectivity index (χ0v) is 14.7. The van der Waals surface area contributed by atoms with Gasteiger partial charge in [0.25, 0.3) is 11.8 Å². The molecule has 3 amide bonds. The van der Waals surface area contributed by atoms with E-state index in [4.69, 9.17) is 0 Å². The number of hydrogen-bond donors (Lipinski definition) is 1. The molecule has 0 unspecified atom stereocenters. The van der Waals surface area contributed by atoms with E-state index in [0.717, 1.165) is 6.41 Å². The van der Waals surface area contributed by atoms with Gasteiger partial charge in [-0.05, 0) is 30.3 Å². The minimum Gasteiger partial charge on any atom is -0.348 e. The Morgan fingerprint density at radius 1 is 0.963 bits per heavy atom. The van der Waals surface area contributed by atoms with Gasteiger partial charge in [0.2, 0.25) is 6.41 Å². The molecule has 0 aliphatic carbocycles. The first kappa shape index (κ1) is 18.6. The van der Waals surface area contributed by atoms with E-state index in [1.54, 1.807) is 52.3 Å². The van der Waals surface area contributed by atoms with Crippen molar-refractivity contribution in [2.45, 2.75) is 6.54 Å². The summed E-state index contributed by atoms with van der Waals surface area (Å²) in [5.74, 6) is -0.830. The molecule has 27 heavy (non-hydrogen) atoms. The Kier molecular flexibility index (Phi) is 5.80. The molecule has 0 saturated carbocycles. The number of nitrogens with zero attached hydrogens (tertiary/aromatic N) is 2. The fourth-order valence-electron chi connectivity index (χ4n) is 2.90. The lowest BCUT2D eigenvalue weighted by Crippen LogP contribution is -2.48. The summed E-state index contributed by atoms with van der Waals surface area (Å²) in [5, 5.41) is 2.67. The van der Waals surface area contributed by atoms with E-state index in [1.165, 1.54) is 6.07 Å². The second-order valence-corrected chi connectivity index (χ2v) is 6.29. The predicted octanol–water partition coefficient (Wildman–Crippen LogP) is 1.67. The lowest BCUT2D eigenvalue weighted by atomic mass is 10.1. The fourth-order valence-corrected chi connectivity index (χ4v) is 2.90. The zero-order valence-electron chi connectivity index (χ0n) is 14.7. The quantitative estimate of drug-likeness (QED) is 0.815. The molecule has 0 bridgehead atoms. The van der Waals surface area contributed by atoms with Crippen molar-refractivity contribution in [3.05, 3.63) is 71.0 Å². The average molecular weight is 369 g/mol. The SMILES string of the molecule is O=CN1CCN(C(=O)c2ccc(C(=O)NCc3ccccc3F)cc2)CC1. The van der Waals surface area contributed by atoms with Crippen molar-refractivity contribution in [1.29, 1.82) is 0 Å². The second kappa shape index (κ2) is 8.44. The van der Waals surface area contributed by atoms with E-state index in [1.807, 2.05) is 0 Å². The smallest absolute Gasteiger partial charge is 0.253 e. The first-order valence-corrected chi connectivity index (χ1v) is 8.69. The third-order valence-corrected chi connectivity index (χ3v) is 4.54. The van der Waals surface area contributed by atoms with Crippen molar-refractivity contribution in [2.75, 3.05) is 26.2 Å². The number of nitrogens with one attached hydrogen (secondary N) is 1. The van der Waals surface area contributed by atoms with Crippen LogP contribution in [-0.2, 0) is 11.3 Å². The summed E-state index contributed by atoms with van der Waals surface area (Å²) in [5.41, 5.74) is 1.29. The molecule has 3 rings (SSSR count). The molecule has 140 valence electrons. The summed E-state index contributed by atoms with van der Waals surface area (Å²) < 4.78 is 13.6. The van der Waals surface area contributed by atoms with Crippen LogP contribution in [0.1, 0.15) is 26.3 Å². The van der Waals surface area contributed by atoms with Crippen LogP contribution in [0.2, 0.25) is 0 Å². The van der Waals surface area contributed by atoms with E-state index in [2.05, 4.69) is 5.32 Å². The molecule has 1 aliphatic heterocycles. The Balaban J connectivity index is 1.58. The summed E-state index contributed by atoms with van der Waals surface area (Å²) >= 11 is 0. The number of carbonyl (C=O) groups excluding carboxylic acids is 3. The van der Waals surface area contributed by atoms with E-state index < -0.39 is 0 Å². The van der Waals surface area contributed by atoms with Crippen LogP contribution >= 0.6 is 0 Å². The highest BCUT2D eigenvalue weighted by atomic mass is 19.1. The Morgan fingerprint density at radius 2 is 1.59 bits per heavy atom. The van der Waals surface area contributed by atoms with Crippen LogP contribution in [0.5, 0.6) is 0 Å². The minimum atomic E-state index is -0.367. The van der Waals surface area contributed by atoms with Gasteiger partial charge in [-0.25, -0.2) is 4.39 Å². The number of benzene rings is 2. The lowest BCUT2D eigenvalue weighted by Gasteiger charge is -2.32. The molecule has 6 nitrogen and oxygen atoms in total. The Hall–Kier alpha value is -3.22. The lowest BCUT2D eigenvalue weighted by molar-refractivity contribution is -0.119. The van der Waals surface area contributed by atoms with Gasteiger partial charge < -0.3 is 15.1 Å². The third kappa shape index (κ3) is 4.49. The highest BCUT2D eigenvalue weighted by Gasteiger charge is 2.21. The van der Waals surface area contributed by atoms with Crippen molar-refractivity contribution in [2.24, 2.45) is 0 Å². The monoisotopic (exact) mass is 369 g/mol. The molecule has 0 spiro atoms. The van der Waals surface area contributed by atoms with Crippen molar-refractivity contribution in [3.8, 4) is 0 Å². The molecular weight excluding hydrogens is 349 g/mol. The highest BCUT2D eigenvalue weighted by molar-refractivity contribution is 5.97. The molecule has 1 fully saturated rings. The van der Waals surface area contributed by atoms with Gasteiger partial charge in [0.15, 0.2) is 0 Å². The molecule has 1 aliphatic rings. The fraction of sp³-hybridized carbons (Fsp3) is 0.250. The molecule has 1 heterocycles. The number of rotatable bonds is 5. The van der Waals surface area contributed by atoms with Crippen molar-refractivity contribution in [3.63, 3.8) is 0 Å². The van der Waals surface area contributed by atoms with Gasteiger partial charge >= 0.3 is 0 Å². The molecule has 2 aromatic rings. The third-order valence-electron chi connectivity index (χ3n) is 4.54. The molecule has 0 radical (unpaired) electrons. The number of carbonyl (C=O) groups is 3. The summed E-state index contributed by atoms with van der Waals surface area (Å²) in [6.07, 6.45) is 0.788. The van der Waals surface area contributed by atoms with Gasteiger partial charge in [0, 0.05) is 49.4 Å². The van der Waals surface area contributed by atoms with Crippen LogP contribution in [0.15, 0.2) is 48.5 Å². The first-order chi connectivity index (χ1) is 13.1. The topological polar surface area (TPSA) is 69.7 Å². The average Bonchev–Trinajstić information content (AvgIpc) is 2.72. The Labute approximate surface area is 156 Å². The maximum Gasteiger partial charge on any atom is 0.253 e. The molecule has 7 heteroatoms. The molecule has 0 atom stereocenters. The number of piperazine rings is 1. The van der Waals surface area contributed by atoms with E-state index >= 15 is 0 Å². The number of amides is 3. The summed E-state index contributed by atoms with van der Waals surface area (Å²) in [4.78, 5) is 38.8. The molecule has 1 saturated heterocycles. The van der Waals surface area contributed by atoms with Gasteiger partial charge in [0.05, 0.1) is 0 Å². The number of halogens is 1. The van der Waals surface area contributed by atoms with Crippen LogP contribution in [0.4, 0.5) is 4.39 Å². The van der Waals surface area contributed by atoms with Gasteiger partial charge in [-0.1, -0.05) is 18.2 Å². The second-order valence-electron chi connectivity index (χ2n) is 6.29. The van der Waals surface area contributed by atoms with Gasteiger partial charge in [-0.3, -0.25) is 14.4 Å². The van der Waals surface area contributed by atoms with Gasteiger partial charge in [-0.2, -0.15) is 0 Å². The van der Waals surface area contributed by atoms with Crippen LogP contribution in [-0.4, -0.2) is 54.2 Å².